The number of carbonyl (C=O) groups excluding carboxylic acids is 1. The van der Waals surface area contributed by atoms with Gasteiger partial charge in [0.2, 0.25) is 20.0 Å². The van der Waals surface area contributed by atoms with Crippen LogP contribution < -0.4 is 4.90 Å². The fraction of sp³-hybridized carbons (Fsp3) is 0.409. The molecular formula is C22H29N3O6S2. The Morgan fingerprint density at radius 3 is 2.03 bits per heavy atom. The zero-order chi connectivity index (χ0) is 24.4. The number of anilines is 1. The van der Waals surface area contributed by atoms with Crippen LogP contribution in [-0.4, -0.2) is 72.7 Å². The molecule has 33 heavy (non-hydrogen) atoms. The van der Waals surface area contributed by atoms with Crippen molar-refractivity contribution >= 4 is 31.7 Å². The molecule has 1 fully saturated rings. The van der Waals surface area contributed by atoms with Crippen molar-refractivity contribution in [1.29, 1.82) is 0 Å². The van der Waals surface area contributed by atoms with Gasteiger partial charge in [0.1, 0.15) is 6.61 Å². The van der Waals surface area contributed by atoms with Crippen molar-refractivity contribution < 1.29 is 26.4 Å². The maximum Gasteiger partial charge on any atom is 0.340 e. The highest BCUT2D eigenvalue weighted by atomic mass is 32.2. The van der Waals surface area contributed by atoms with Gasteiger partial charge in [-0.3, -0.25) is 0 Å². The summed E-state index contributed by atoms with van der Waals surface area (Å²) in [6, 6.07) is 10.7. The lowest BCUT2D eigenvalue weighted by atomic mass is 10.1. The molecule has 0 aromatic heterocycles. The number of benzene rings is 2. The minimum Gasteiger partial charge on any atom is -0.457 e. The van der Waals surface area contributed by atoms with Gasteiger partial charge in [-0.2, -0.15) is 0 Å². The van der Waals surface area contributed by atoms with Crippen LogP contribution in [0.25, 0.3) is 0 Å². The van der Waals surface area contributed by atoms with Gasteiger partial charge >= 0.3 is 5.97 Å². The molecule has 1 heterocycles. The van der Waals surface area contributed by atoms with Gasteiger partial charge in [0, 0.05) is 41.3 Å². The molecule has 2 aromatic rings. The molecule has 11 heteroatoms. The smallest absolute Gasteiger partial charge is 0.340 e. The molecule has 9 nitrogen and oxygen atoms in total. The lowest BCUT2D eigenvalue weighted by Gasteiger charge is -2.22. The number of carbonyl (C=O) groups is 1. The third-order valence-electron chi connectivity index (χ3n) is 5.46. The third kappa shape index (κ3) is 5.37. The largest absolute Gasteiger partial charge is 0.457 e. The second-order valence-electron chi connectivity index (χ2n) is 8.17. The topological polar surface area (TPSA) is 104 Å². The summed E-state index contributed by atoms with van der Waals surface area (Å²) in [6.45, 7) is 1.38. The fourth-order valence-electron chi connectivity index (χ4n) is 3.52. The summed E-state index contributed by atoms with van der Waals surface area (Å²) in [5.74, 6) is -0.673. The third-order valence-corrected chi connectivity index (χ3v) is 9.08. The van der Waals surface area contributed by atoms with E-state index in [1.54, 1.807) is 18.2 Å². The molecule has 0 atom stereocenters. The number of esters is 1. The van der Waals surface area contributed by atoms with Crippen LogP contribution in [0.2, 0.25) is 0 Å². The first-order chi connectivity index (χ1) is 15.4. The second-order valence-corrected chi connectivity index (χ2v) is 12.5. The Bertz CT molecular complexity index is 1230. The van der Waals surface area contributed by atoms with Gasteiger partial charge in [0.25, 0.3) is 0 Å². The molecule has 0 amide bonds. The van der Waals surface area contributed by atoms with E-state index < -0.39 is 26.0 Å². The van der Waals surface area contributed by atoms with Crippen LogP contribution in [0.3, 0.4) is 0 Å². The van der Waals surface area contributed by atoms with Crippen molar-refractivity contribution in [3.8, 4) is 0 Å². The fourth-order valence-corrected chi connectivity index (χ4v) is 5.42. The van der Waals surface area contributed by atoms with E-state index in [9.17, 15) is 21.6 Å². The van der Waals surface area contributed by atoms with Gasteiger partial charge in [0.15, 0.2) is 0 Å². The normalized spacial score (nSPS) is 14.8. The van der Waals surface area contributed by atoms with E-state index in [4.69, 9.17) is 4.74 Å². The van der Waals surface area contributed by atoms with Crippen LogP contribution in [0.5, 0.6) is 0 Å². The van der Waals surface area contributed by atoms with E-state index in [0.29, 0.717) is 11.3 Å². The van der Waals surface area contributed by atoms with Gasteiger partial charge in [-0.1, -0.05) is 12.1 Å². The lowest BCUT2D eigenvalue weighted by Crippen LogP contribution is -2.24. The van der Waals surface area contributed by atoms with E-state index in [2.05, 4.69) is 0 Å². The van der Waals surface area contributed by atoms with Crippen molar-refractivity contribution in [2.45, 2.75) is 29.2 Å². The summed E-state index contributed by atoms with van der Waals surface area (Å²) in [5.41, 5.74) is 1.29. The summed E-state index contributed by atoms with van der Waals surface area (Å²) in [7, 11) is -1.62. The quantitative estimate of drug-likeness (QED) is 0.517. The molecule has 0 unspecified atom stereocenters. The molecule has 1 aliphatic heterocycles. The molecule has 0 bridgehead atoms. The highest BCUT2D eigenvalue weighted by Crippen LogP contribution is 2.29. The van der Waals surface area contributed by atoms with Crippen molar-refractivity contribution in [3.05, 3.63) is 53.6 Å². The van der Waals surface area contributed by atoms with E-state index in [1.807, 2.05) is 4.90 Å². The molecule has 0 N–H and O–H groups in total. The zero-order valence-corrected chi connectivity index (χ0v) is 20.8. The SMILES string of the molecule is CN(C)S(=O)(=O)c1cccc(COC(=O)c2cc(S(=O)(=O)N(C)C)ccc2N2CCCC2)c1. The van der Waals surface area contributed by atoms with Crippen LogP contribution in [0.4, 0.5) is 5.69 Å². The van der Waals surface area contributed by atoms with Crippen molar-refractivity contribution in [3.63, 3.8) is 0 Å². The minimum atomic E-state index is -3.73. The zero-order valence-electron chi connectivity index (χ0n) is 19.2. The Hall–Kier alpha value is -2.47. The number of sulfonamides is 2. The Kier molecular flexibility index (Phi) is 7.47. The molecule has 0 spiro atoms. The molecule has 2 aromatic carbocycles. The highest BCUT2D eigenvalue weighted by Gasteiger charge is 2.25. The van der Waals surface area contributed by atoms with Crippen molar-refractivity contribution in [1.82, 2.24) is 8.61 Å². The maximum absolute atomic E-state index is 13.1. The van der Waals surface area contributed by atoms with E-state index >= 15 is 0 Å². The molecule has 3 rings (SSSR count). The summed E-state index contributed by atoms with van der Waals surface area (Å²) in [5, 5.41) is 0. The number of rotatable bonds is 8. The van der Waals surface area contributed by atoms with E-state index in [0.717, 1.165) is 34.5 Å². The Morgan fingerprint density at radius 2 is 1.45 bits per heavy atom. The lowest BCUT2D eigenvalue weighted by molar-refractivity contribution is 0.0473. The average Bonchev–Trinajstić information content (AvgIpc) is 3.31. The van der Waals surface area contributed by atoms with Crippen LogP contribution in [0, 0.1) is 0 Å². The van der Waals surface area contributed by atoms with Gasteiger partial charge < -0.3 is 9.64 Å². The van der Waals surface area contributed by atoms with Crippen molar-refractivity contribution in [2.75, 3.05) is 46.2 Å². The molecule has 1 saturated heterocycles. The minimum absolute atomic E-state index is 0.00136. The first kappa shape index (κ1) is 25.2. The number of hydrogen-bond donors (Lipinski definition) is 0. The summed E-state index contributed by atoms with van der Waals surface area (Å²) >= 11 is 0. The number of hydrogen-bond acceptors (Lipinski definition) is 7. The predicted octanol–water partition coefficient (Wildman–Crippen LogP) is 2.14. The van der Waals surface area contributed by atoms with Crippen LogP contribution in [0.1, 0.15) is 28.8 Å². The monoisotopic (exact) mass is 495 g/mol. The molecule has 1 aliphatic rings. The Morgan fingerprint density at radius 1 is 0.879 bits per heavy atom. The highest BCUT2D eigenvalue weighted by molar-refractivity contribution is 7.89. The molecule has 0 radical (unpaired) electrons. The summed E-state index contributed by atoms with van der Waals surface area (Å²) < 4.78 is 57.6. The standard InChI is InChI=1S/C22H29N3O6S2/c1-23(2)32(27,28)18-9-7-8-17(14-18)16-31-22(26)20-15-19(33(29,30)24(3)4)10-11-21(20)25-12-5-6-13-25/h7-11,14-15H,5-6,12-13,16H2,1-4H3. The van der Waals surface area contributed by atoms with E-state index in [1.165, 1.54) is 52.5 Å². The molecular weight excluding hydrogens is 466 g/mol. The van der Waals surface area contributed by atoms with Gasteiger partial charge in [-0.25, -0.2) is 30.2 Å². The maximum atomic E-state index is 13.1. The van der Waals surface area contributed by atoms with Gasteiger partial charge in [0.05, 0.1) is 21.0 Å². The summed E-state index contributed by atoms with van der Waals surface area (Å²) in [6.07, 6.45) is 1.97. The predicted molar refractivity (Wildman–Crippen MR) is 125 cm³/mol. The van der Waals surface area contributed by atoms with Gasteiger partial charge in [-0.05, 0) is 48.7 Å². The second kappa shape index (κ2) is 9.80. The molecule has 0 saturated carbocycles. The Balaban J connectivity index is 1.90. The molecule has 0 aliphatic carbocycles. The molecule has 180 valence electrons. The summed E-state index contributed by atoms with van der Waals surface area (Å²) in [4.78, 5) is 15.2. The first-order valence-corrected chi connectivity index (χ1v) is 13.3. The van der Waals surface area contributed by atoms with Crippen LogP contribution in [-0.2, 0) is 31.4 Å². The van der Waals surface area contributed by atoms with Gasteiger partial charge in [-0.15, -0.1) is 0 Å². The number of nitrogens with zero attached hydrogens (tertiary/aromatic N) is 3. The average molecular weight is 496 g/mol. The first-order valence-electron chi connectivity index (χ1n) is 10.4. The Labute approximate surface area is 195 Å². The van der Waals surface area contributed by atoms with E-state index in [-0.39, 0.29) is 22.0 Å². The number of ether oxygens (including phenoxy) is 1. The van der Waals surface area contributed by atoms with Crippen LogP contribution in [0.15, 0.2) is 52.3 Å². The van der Waals surface area contributed by atoms with Crippen molar-refractivity contribution in [2.24, 2.45) is 0 Å². The van der Waals surface area contributed by atoms with Crippen LogP contribution >= 0.6 is 0 Å².